The Labute approximate surface area is 362 Å². The van der Waals surface area contributed by atoms with Crippen molar-refractivity contribution in [3.8, 4) is 33.4 Å². The topological polar surface area (TPSA) is 19.6 Å². The molecule has 3 nitrogen and oxygen atoms in total. The summed E-state index contributed by atoms with van der Waals surface area (Å²) in [6, 6.07) is 75.4. The third kappa shape index (κ3) is 6.03. The van der Waals surface area contributed by atoms with Crippen LogP contribution in [0.1, 0.15) is 25.3 Å². The minimum absolute atomic E-state index is 0.272. The van der Waals surface area contributed by atoms with Crippen molar-refractivity contribution >= 4 is 66.7 Å². The van der Waals surface area contributed by atoms with Gasteiger partial charge in [-0.05, 0) is 135 Å². The first-order valence-electron chi connectivity index (χ1n) is 21.8. The molecule has 1 aromatic heterocycles. The van der Waals surface area contributed by atoms with Crippen LogP contribution in [0.15, 0.2) is 217 Å². The van der Waals surface area contributed by atoms with Crippen molar-refractivity contribution in [3.63, 3.8) is 0 Å². The van der Waals surface area contributed by atoms with Gasteiger partial charge < -0.3 is 14.2 Å². The lowest BCUT2D eigenvalue weighted by Crippen LogP contribution is -2.30. The Morgan fingerprint density at radius 3 is 2.00 bits per heavy atom. The first-order chi connectivity index (χ1) is 30.7. The van der Waals surface area contributed by atoms with Crippen molar-refractivity contribution in [1.29, 1.82) is 0 Å². The van der Waals surface area contributed by atoms with E-state index in [0.29, 0.717) is 5.92 Å². The number of para-hydroxylation sites is 2. The number of furan rings is 1. The van der Waals surface area contributed by atoms with Crippen molar-refractivity contribution < 1.29 is 4.42 Å². The molecule has 2 unspecified atom stereocenters. The molecule has 3 heteroatoms. The number of hydrogen-bond acceptors (Lipinski definition) is 3. The quantitative estimate of drug-likeness (QED) is 0.160. The van der Waals surface area contributed by atoms with Crippen LogP contribution in [0.2, 0.25) is 0 Å². The van der Waals surface area contributed by atoms with Crippen LogP contribution in [-0.4, -0.2) is 6.04 Å². The van der Waals surface area contributed by atoms with Gasteiger partial charge in [0.15, 0.2) is 0 Å². The summed E-state index contributed by atoms with van der Waals surface area (Å²) in [5.74, 6) is 0.605. The Morgan fingerprint density at radius 1 is 0.516 bits per heavy atom. The summed E-state index contributed by atoms with van der Waals surface area (Å²) in [6.07, 6.45) is 4.72. The predicted octanol–water partition coefficient (Wildman–Crippen LogP) is 16.5. The highest BCUT2D eigenvalue weighted by molar-refractivity contribution is 6.19. The third-order valence-corrected chi connectivity index (χ3v) is 13.1. The molecule has 0 saturated heterocycles. The molecular formula is C59H44N2O. The zero-order valence-electron chi connectivity index (χ0n) is 34.6. The number of rotatable bonds is 7. The number of hydrogen-bond donors (Lipinski definition) is 0. The lowest BCUT2D eigenvalue weighted by molar-refractivity contribution is 0.497. The SMILES string of the molecule is CC1CC=C2c3c(N(c4ccc(-c5ccccc5)cc4)c4ccc(-c5ccc6ccc7oc8ccccc8c7c6c5)c(-c5ccccc5)c4)cccc3N(c3ccccc3)C2C1. The highest BCUT2D eigenvalue weighted by Crippen LogP contribution is 2.55. The van der Waals surface area contributed by atoms with Crippen LogP contribution in [0.3, 0.4) is 0 Å². The molecule has 9 aromatic carbocycles. The number of benzene rings is 9. The van der Waals surface area contributed by atoms with Crippen LogP contribution in [0.5, 0.6) is 0 Å². The standard InChI is InChI=1S/C59H44N2O/c1-39-24-33-49-55(36-39)61(45-18-9-4-10-19-45)54-22-13-21-53(59(49)54)60(46-30-27-41(28-31-46)40-14-5-2-6-15-40)47-32-34-48(51(38-47)42-16-7-3-8-17-42)44-26-25-43-29-35-57-58(52(43)37-44)50-20-11-12-23-56(50)62-57/h2-23,25-35,37-39,55H,24,36H2,1H3. The Bertz CT molecular complexity index is 3310. The molecule has 62 heavy (non-hydrogen) atoms. The van der Waals surface area contributed by atoms with Gasteiger partial charge in [-0.1, -0.05) is 153 Å². The van der Waals surface area contributed by atoms with E-state index in [9.17, 15) is 0 Å². The molecule has 2 heterocycles. The van der Waals surface area contributed by atoms with Crippen LogP contribution in [0, 0.1) is 5.92 Å². The molecule has 0 amide bonds. The summed E-state index contributed by atoms with van der Waals surface area (Å²) in [5, 5.41) is 4.70. The Kier molecular flexibility index (Phi) is 8.67. The molecule has 0 saturated carbocycles. The summed E-state index contributed by atoms with van der Waals surface area (Å²) in [7, 11) is 0. The second kappa shape index (κ2) is 14.8. The maximum absolute atomic E-state index is 6.35. The van der Waals surface area contributed by atoms with Crippen molar-refractivity contribution in [3.05, 3.63) is 218 Å². The first-order valence-corrected chi connectivity index (χ1v) is 21.8. The largest absolute Gasteiger partial charge is 0.456 e. The molecule has 0 spiro atoms. The number of anilines is 5. The van der Waals surface area contributed by atoms with Gasteiger partial charge in [0.05, 0.1) is 17.4 Å². The van der Waals surface area contributed by atoms with E-state index in [1.165, 1.54) is 72.4 Å². The summed E-state index contributed by atoms with van der Waals surface area (Å²) < 4.78 is 6.35. The van der Waals surface area contributed by atoms with E-state index in [1.54, 1.807) is 0 Å². The van der Waals surface area contributed by atoms with Gasteiger partial charge in [0.25, 0.3) is 0 Å². The predicted molar refractivity (Wildman–Crippen MR) is 261 cm³/mol. The minimum Gasteiger partial charge on any atom is -0.456 e. The highest BCUT2D eigenvalue weighted by atomic mass is 16.3. The average molecular weight is 797 g/mol. The van der Waals surface area contributed by atoms with Gasteiger partial charge in [-0.3, -0.25) is 0 Å². The van der Waals surface area contributed by atoms with Crippen LogP contribution in [0.25, 0.3) is 71.7 Å². The minimum atomic E-state index is 0.272. The van der Waals surface area contributed by atoms with E-state index in [2.05, 4.69) is 223 Å². The van der Waals surface area contributed by atoms with Gasteiger partial charge in [-0.2, -0.15) is 0 Å². The highest BCUT2D eigenvalue weighted by Gasteiger charge is 2.40. The van der Waals surface area contributed by atoms with Gasteiger partial charge in [0.2, 0.25) is 0 Å². The molecule has 2 aliphatic rings. The van der Waals surface area contributed by atoms with Gasteiger partial charge in [0, 0.05) is 33.4 Å². The van der Waals surface area contributed by atoms with E-state index < -0.39 is 0 Å². The fourth-order valence-electron chi connectivity index (χ4n) is 10.2. The molecule has 296 valence electrons. The Hall–Kier alpha value is -7.62. The Morgan fingerprint density at radius 2 is 1.19 bits per heavy atom. The summed E-state index contributed by atoms with van der Waals surface area (Å²) >= 11 is 0. The zero-order chi connectivity index (χ0) is 41.1. The maximum Gasteiger partial charge on any atom is 0.136 e. The van der Waals surface area contributed by atoms with E-state index in [-0.39, 0.29) is 6.04 Å². The van der Waals surface area contributed by atoms with Crippen LogP contribution < -0.4 is 9.80 Å². The second-order valence-electron chi connectivity index (χ2n) is 16.9. The van der Waals surface area contributed by atoms with Gasteiger partial charge in [-0.15, -0.1) is 0 Å². The summed E-state index contributed by atoms with van der Waals surface area (Å²) in [4.78, 5) is 5.09. The van der Waals surface area contributed by atoms with E-state index in [4.69, 9.17) is 4.42 Å². The fourth-order valence-corrected chi connectivity index (χ4v) is 10.2. The molecule has 0 bridgehead atoms. The molecule has 1 aliphatic carbocycles. The molecular weight excluding hydrogens is 753 g/mol. The van der Waals surface area contributed by atoms with E-state index in [1.807, 2.05) is 6.07 Å². The molecule has 0 fully saturated rings. The fraction of sp³-hybridized carbons (Fsp3) is 0.0847. The molecule has 10 aromatic rings. The van der Waals surface area contributed by atoms with Crippen molar-refractivity contribution in [1.82, 2.24) is 0 Å². The van der Waals surface area contributed by atoms with Crippen LogP contribution in [-0.2, 0) is 0 Å². The van der Waals surface area contributed by atoms with Gasteiger partial charge in [-0.25, -0.2) is 0 Å². The van der Waals surface area contributed by atoms with E-state index >= 15 is 0 Å². The summed E-state index contributed by atoms with van der Waals surface area (Å²) in [5.41, 5.74) is 17.6. The third-order valence-electron chi connectivity index (χ3n) is 13.1. The van der Waals surface area contributed by atoms with Crippen molar-refractivity contribution in [2.45, 2.75) is 25.8 Å². The summed E-state index contributed by atoms with van der Waals surface area (Å²) in [6.45, 7) is 2.39. The lowest BCUT2D eigenvalue weighted by Gasteiger charge is -2.32. The molecule has 0 N–H and O–H groups in total. The maximum atomic E-state index is 6.35. The second-order valence-corrected chi connectivity index (χ2v) is 16.9. The number of allylic oxidation sites excluding steroid dienone is 1. The van der Waals surface area contributed by atoms with Crippen LogP contribution in [0.4, 0.5) is 28.4 Å². The number of fused-ring (bicyclic) bond motifs is 8. The first kappa shape index (κ1) is 36.2. The van der Waals surface area contributed by atoms with Gasteiger partial charge >= 0.3 is 0 Å². The lowest BCUT2D eigenvalue weighted by atomic mass is 9.85. The van der Waals surface area contributed by atoms with E-state index in [0.717, 1.165) is 46.2 Å². The van der Waals surface area contributed by atoms with Gasteiger partial charge in [0.1, 0.15) is 11.2 Å². The Balaban J connectivity index is 1.08. The molecule has 1 aliphatic heterocycles. The van der Waals surface area contributed by atoms with Crippen LogP contribution >= 0.6 is 0 Å². The molecule has 12 rings (SSSR count). The monoisotopic (exact) mass is 796 g/mol. The molecule has 2 atom stereocenters. The zero-order valence-corrected chi connectivity index (χ0v) is 34.6. The van der Waals surface area contributed by atoms with Crippen molar-refractivity contribution in [2.75, 3.05) is 9.80 Å². The number of nitrogens with zero attached hydrogens (tertiary/aromatic N) is 2. The normalized spacial score (nSPS) is 15.8. The molecule has 0 radical (unpaired) electrons. The average Bonchev–Trinajstić information content (AvgIpc) is 3.89. The van der Waals surface area contributed by atoms with Crippen molar-refractivity contribution in [2.24, 2.45) is 5.92 Å². The smallest absolute Gasteiger partial charge is 0.136 e.